The molecule has 9 heteroatoms. The van der Waals surface area contributed by atoms with Gasteiger partial charge in [0.25, 0.3) is 0 Å². The first-order chi connectivity index (χ1) is 14.1. The van der Waals surface area contributed by atoms with Crippen molar-refractivity contribution in [3.05, 3.63) is 71.6 Å². The topological polar surface area (TPSA) is 101 Å². The highest BCUT2D eigenvalue weighted by atomic mass is 32.2. The molecule has 1 heterocycles. The molecule has 0 saturated carbocycles. The average molecular weight is 452 g/mol. The van der Waals surface area contributed by atoms with Crippen LogP contribution < -0.4 is 0 Å². The zero-order chi connectivity index (χ0) is 22.1. The van der Waals surface area contributed by atoms with Gasteiger partial charge in [0, 0.05) is 7.11 Å². The summed E-state index contributed by atoms with van der Waals surface area (Å²) >= 11 is 0. The van der Waals surface area contributed by atoms with Gasteiger partial charge in [0.15, 0.2) is 0 Å². The number of aliphatic hydroxyl groups is 1. The fourth-order valence-electron chi connectivity index (χ4n) is 3.59. The summed E-state index contributed by atoms with van der Waals surface area (Å²) in [6, 6.07) is 12.9. The fourth-order valence-corrected chi connectivity index (χ4v) is 6.68. The third-order valence-corrected chi connectivity index (χ3v) is 9.04. The molecule has 3 atom stereocenters. The van der Waals surface area contributed by atoms with Crippen molar-refractivity contribution in [1.29, 1.82) is 0 Å². The Morgan fingerprint density at radius 2 is 1.63 bits per heavy atom. The maximum Gasteiger partial charge on any atom is 0.245 e. The van der Waals surface area contributed by atoms with E-state index in [1.54, 1.807) is 30.3 Å². The van der Waals surface area contributed by atoms with Crippen LogP contribution in [0.5, 0.6) is 0 Å². The van der Waals surface area contributed by atoms with Crippen LogP contribution in [0.4, 0.5) is 0 Å². The van der Waals surface area contributed by atoms with Crippen LogP contribution in [0.1, 0.15) is 18.4 Å². The maximum atomic E-state index is 13.3. The largest absolute Gasteiger partial charge is 0.386 e. The minimum Gasteiger partial charge on any atom is -0.386 e. The Bertz CT molecular complexity index is 1110. The SMILES string of the molecule is C=C([C@H](O)[C@@H]1CCC(OC)N1S(=O)(=O)c1ccc(C)cc1)S(=O)(=O)c1ccccc1. The number of hydrogen-bond donors (Lipinski definition) is 1. The van der Waals surface area contributed by atoms with Crippen LogP contribution >= 0.6 is 0 Å². The van der Waals surface area contributed by atoms with Crippen molar-refractivity contribution in [1.82, 2.24) is 4.31 Å². The minimum absolute atomic E-state index is 0.0109. The van der Waals surface area contributed by atoms with Gasteiger partial charge in [-0.3, -0.25) is 0 Å². The first-order valence-corrected chi connectivity index (χ1v) is 12.3. The maximum absolute atomic E-state index is 13.3. The molecule has 0 bridgehead atoms. The number of benzene rings is 2. The molecule has 1 unspecified atom stereocenters. The number of nitrogens with zero attached hydrogens (tertiary/aromatic N) is 1. The molecule has 1 fully saturated rings. The van der Waals surface area contributed by atoms with E-state index < -0.39 is 43.1 Å². The van der Waals surface area contributed by atoms with Crippen LogP contribution in [0, 0.1) is 6.92 Å². The molecule has 7 nitrogen and oxygen atoms in total. The number of hydrogen-bond acceptors (Lipinski definition) is 6. The molecule has 0 amide bonds. The number of aliphatic hydroxyl groups excluding tert-OH is 1. The molecule has 0 spiro atoms. The number of rotatable bonds is 7. The minimum atomic E-state index is -4.05. The lowest BCUT2D eigenvalue weighted by Gasteiger charge is -2.31. The standard InChI is InChI=1S/C21H25NO6S2/c1-15-9-11-18(12-10-15)30(26,27)22-19(13-14-20(22)28-3)21(23)16(2)29(24,25)17-7-5-4-6-8-17/h4-12,19-21,23H,2,13-14H2,1,3H3/t19-,20?,21-/m0/s1. The number of aryl methyl sites for hydroxylation is 1. The van der Waals surface area contributed by atoms with Crippen molar-refractivity contribution in [2.24, 2.45) is 0 Å². The zero-order valence-electron chi connectivity index (χ0n) is 16.8. The highest BCUT2D eigenvalue weighted by Crippen LogP contribution is 2.36. The molecule has 2 aromatic rings. The highest BCUT2D eigenvalue weighted by molar-refractivity contribution is 7.95. The monoisotopic (exact) mass is 451 g/mol. The van der Waals surface area contributed by atoms with E-state index in [0.29, 0.717) is 6.42 Å². The molecule has 1 N–H and O–H groups in total. The van der Waals surface area contributed by atoms with Gasteiger partial charge in [-0.05, 0) is 44.0 Å². The van der Waals surface area contributed by atoms with E-state index >= 15 is 0 Å². The van der Waals surface area contributed by atoms with Gasteiger partial charge in [-0.2, -0.15) is 4.31 Å². The smallest absolute Gasteiger partial charge is 0.245 e. The number of ether oxygens (including phenoxy) is 1. The Hall–Kier alpha value is -2.04. The lowest BCUT2D eigenvalue weighted by molar-refractivity contribution is 0.0132. The second-order valence-corrected chi connectivity index (χ2v) is 11.1. The summed E-state index contributed by atoms with van der Waals surface area (Å²) in [6.45, 7) is 5.44. The number of methoxy groups -OCH3 is 1. The summed E-state index contributed by atoms with van der Waals surface area (Å²) < 4.78 is 58.8. The summed E-state index contributed by atoms with van der Waals surface area (Å²) in [5.74, 6) is 0. The molecule has 30 heavy (non-hydrogen) atoms. The molecule has 1 aliphatic heterocycles. The molecule has 2 aromatic carbocycles. The Labute approximate surface area is 177 Å². The fraction of sp³-hybridized carbons (Fsp3) is 0.333. The van der Waals surface area contributed by atoms with Crippen LogP contribution in [0.3, 0.4) is 0 Å². The van der Waals surface area contributed by atoms with Crippen molar-refractivity contribution in [2.45, 2.75) is 47.9 Å². The van der Waals surface area contributed by atoms with E-state index in [-0.39, 0.29) is 16.2 Å². The van der Waals surface area contributed by atoms with Gasteiger partial charge < -0.3 is 9.84 Å². The Kier molecular flexibility index (Phi) is 6.49. The molecule has 1 aliphatic rings. The van der Waals surface area contributed by atoms with Gasteiger partial charge >= 0.3 is 0 Å². The highest BCUT2D eigenvalue weighted by Gasteiger charge is 2.47. The molecule has 0 radical (unpaired) electrons. The van der Waals surface area contributed by atoms with E-state index in [4.69, 9.17) is 4.74 Å². The Morgan fingerprint density at radius 1 is 1.03 bits per heavy atom. The summed E-state index contributed by atoms with van der Waals surface area (Å²) in [4.78, 5) is -0.409. The van der Waals surface area contributed by atoms with Crippen LogP contribution in [-0.2, 0) is 24.6 Å². The van der Waals surface area contributed by atoms with E-state index in [1.165, 1.54) is 31.4 Å². The summed E-state index contributed by atoms with van der Waals surface area (Å²) in [6.07, 6.45) is -1.88. The van der Waals surface area contributed by atoms with Crippen LogP contribution in [0.2, 0.25) is 0 Å². The van der Waals surface area contributed by atoms with Crippen molar-refractivity contribution in [2.75, 3.05) is 7.11 Å². The quantitative estimate of drug-likeness (QED) is 0.694. The molecule has 1 saturated heterocycles. The van der Waals surface area contributed by atoms with E-state index in [1.807, 2.05) is 6.92 Å². The van der Waals surface area contributed by atoms with Gasteiger partial charge in [0.2, 0.25) is 19.9 Å². The second-order valence-electron chi connectivity index (χ2n) is 7.21. The second kappa shape index (κ2) is 8.60. The summed E-state index contributed by atoms with van der Waals surface area (Å²) in [5, 5.41) is 10.9. The van der Waals surface area contributed by atoms with E-state index in [2.05, 4.69) is 6.58 Å². The van der Waals surface area contributed by atoms with Gasteiger partial charge in [-0.15, -0.1) is 0 Å². The number of sulfonamides is 1. The molecule has 0 aliphatic carbocycles. The number of sulfone groups is 1. The van der Waals surface area contributed by atoms with Gasteiger partial charge in [-0.1, -0.05) is 42.5 Å². The molecular weight excluding hydrogens is 426 g/mol. The average Bonchev–Trinajstić information content (AvgIpc) is 3.18. The molecule has 0 aromatic heterocycles. The van der Waals surface area contributed by atoms with Crippen LogP contribution in [0.25, 0.3) is 0 Å². The summed E-state index contributed by atoms with van der Waals surface area (Å²) in [5.41, 5.74) is 0.901. The first kappa shape index (κ1) is 22.6. The molecular formula is C21H25NO6S2. The lowest BCUT2D eigenvalue weighted by Crippen LogP contribution is -2.48. The van der Waals surface area contributed by atoms with Gasteiger partial charge in [0.05, 0.1) is 20.7 Å². The normalized spacial score (nSPS) is 21.4. The van der Waals surface area contributed by atoms with E-state index in [9.17, 15) is 21.9 Å². The van der Waals surface area contributed by atoms with Crippen molar-refractivity contribution in [3.63, 3.8) is 0 Å². The van der Waals surface area contributed by atoms with Crippen molar-refractivity contribution >= 4 is 19.9 Å². The van der Waals surface area contributed by atoms with Crippen LogP contribution in [-0.4, -0.2) is 51.7 Å². The van der Waals surface area contributed by atoms with Gasteiger partial charge in [0.1, 0.15) is 12.3 Å². The predicted molar refractivity (Wildman–Crippen MR) is 113 cm³/mol. The first-order valence-electron chi connectivity index (χ1n) is 9.40. The Morgan fingerprint density at radius 3 is 2.20 bits per heavy atom. The molecule has 3 rings (SSSR count). The van der Waals surface area contributed by atoms with Crippen molar-refractivity contribution in [3.8, 4) is 0 Å². The van der Waals surface area contributed by atoms with E-state index in [0.717, 1.165) is 9.87 Å². The third kappa shape index (κ3) is 4.08. The lowest BCUT2D eigenvalue weighted by atomic mass is 10.1. The Balaban J connectivity index is 1.97. The van der Waals surface area contributed by atoms with Gasteiger partial charge in [-0.25, -0.2) is 16.8 Å². The van der Waals surface area contributed by atoms with Crippen LogP contribution in [0.15, 0.2) is 75.9 Å². The zero-order valence-corrected chi connectivity index (χ0v) is 18.4. The summed E-state index contributed by atoms with van der Waals surface area (Å²) in [7, 11) is -6.71. The molecule has 162 valence electrons. The third-order valence-electron chi connectivity index (χ3n) is 5.28. The predicted octanol–water partition coefficient (Wildman–Crippen LogP) is 2.47. The van der Waals surface area contributed by atoms with Crippen molar-refractivity contribution < 1.29 is 26.7 Å².